The maximum absolute atomic E-state index is 5.39. The highest BCUT2D eigenvalue weighted by Crippen LogP contribution is 2.39. The Hall–Kier alpha value is -7.89. The van der Waals surface area contributed by atoms with Crippen molar-refractivity contribution in [1.29, 1.82) is 0 Å². The molecule has 0 saturated carbocycles. The average Bonchev–Trinajstić information content (AvgIpc) is 3.84. The third kappa shape index (κ3) is 5.07. The van der Waals surface area contributed by atoms with E-state index >= 15 is 0 Å². The highest BCUT2D eigenvalue weighted by atomic mass is 15.1. The van der Waals surface area contributed by atoms with Gasteiger partial charge in [-0.25, -0.2) is 15.0 Å². The summed E-state index contributed by atoms with van der Waals surface area (Å²) in [6.45, 7) is 0. The minimum Gasteiger partial charge on any atom is -0.294 e. The average molecular weight is 740 g/mol. The molecule has 58 heavy (non-hydrogen) atoms. The second-order valence-electron chi connectivity index (χ2n) is 14.9. The van der Waals surface area contributed by atoms with Crippen LogP contribution in [-0.2, 0) is 0 Å². The predicted molar refractivity (Wildman–Crippen MR) is 239 cm³/mol. The van der Waals surface area contributed by atoms with E-state index in [9.17, 15) is 0 Å². The van der Waals surface area contributed by atoms with Gasteiger partial charge in [0.05, 0.1) is 33.3 Å². The quantitative estimate of drug-likeness (QED) is 0.165. The van der Waals surface area contributed by atoms with Crippen LogP contribution in [0.1, 0.15) is 0 Å². The van der Waals surface area contributed by atoms with Crippen LogP contribution in [0.2, 0.25) is 0 Å². The first-order valence-electron chi connectivity index (χ1n) is 19.6. The lowest BCUT2D eigenvalue weighted by Gasteiger charge is -2.13. The third-order valence-electron chi connectivity index (χ3n) is 11.5. The molecule has 0 spiro atoms. The number of nitrogens with zero attached hydrogens (tertiary/aromatic N) is 5. The van der Waals surface area contributed by atoms with Gasteiger partial charge >= 0.3 is 0 Å². The number of hydrogen-bond donors (Lipinski definition) is 0. The van der Waals surface area contributed by atoms with E-state index in [1.54, 1.807) is 0 Å². The molecule has 0 unspecified atom stereocenters. The highest BCUT2D eigenvalue weighted by Gasteiger charge is 2.20. The van der Waals surface area contributed by atoms with Crippen molar-refractivity contribution in [3.63, 3.8) is 0 Å². The molecule has 5 nitrogen and oxygen atoms in total. The summed E-state index contributed by atoms with van der Waals surface area (Å²) in [5, 5.41) is 5.81. The van der Waals surface area contributed by atoms with Crippen molar-refractivity contribution in [1.82, 2.24) is 23.9 Å². The summed E-state index contributed by atoms with van der Waals surface area (Å²) < 4.78 is 4.63. The molecular formula is C53H33N5. The van der Waals surface area contributed by atoms with Gasteiger partial charge < -0.3 is 0 Å². The Morgan fingerprint density at radius 1 is 0.310 bits per heavy atom. The lowest BCUT2D eigenvalue weighted by atomic mass is 10.0. The lowest BCUT2D eigenvalue weighted by molar-refractivity contribution is 1.05. The van der Waals surface area contributed by atoms with Gasteiger partial charge in [-0.3, -0.25) is 8.97 Å². The smallest absolute Gasteiger partial charge is 0.162 e. The topological polar surface area (TPSA) is 48.0 Å². The van der Waals surface area contributed by atoms with Crippen LogP contribution < -0.4 is 0 Å². The maximum Gasteiger partial charge on any atom is 0.162 e. The van der Waals surface area contributed by atoms with E-state index in [1.807, 2.05) is 12.1 Å². The van der Waals surface area contributed by atoms with Gasteiger partial charge in [-0.15, -0.1) is 0 Å². The SMILES string of the molecule is c1ccc(-c2ccc(-c3cc(-n4c5ccccc5c5cc6nc7c8ccccc8c8ccccc8n7c6cc54)nc(-c4ccc(-c5ccccc5)cc4)n3)cc2)cc1. The monoisotopic (exact) mass is 739 g/mol. The van der Waals surface area contributed by atoms with Gasteiger partial charge in [-0.05, 0) is 51.9 Å². The van der Waals surface area contributed by atoms with Gasteiger partial charge in [0, 0.05) is 38.7 Å². The van der Waals surface area contributed by atoms with E-state index < -0.39 is 0 Å². The van der Waals surface area contributed by atoms with Gasteiger partial charge in [0.2, 0.25) is 0 Å². The van der Waals surface area contributed by atoms with Crippen LogP contribution in [0.4, 0.5) is 0 Å². The summed E-state index contributed by atoms with van der Waals surface area (Å²) in [5.74, 6) is 1.47. The molecule has 0 aliphatic heterocycles. The van der Waals surface area contributed by atoms with Crippen molar-refractivity contribution in [3.8, 4) is 50.7 Å². The van der Waals surface area contributed by atoms with E-state index in [-0.39, 0.29) is 0 Å². The molecule has 12 aromatic rings. The first-order chi connectivity index (χ1) is 28.7. The molecule has 0 atom stereocenters. The molecule has 0 fully saturated rings. The zero-order valence-electron chi connectivity index (χ0n) is 31.3. The van der Waals surface area contributed by atoms with E-state index in [0.29, 0.717) is 5.82 Å². The van der Waals surface area contributed by atoms with Crippen LogP contribution in [0.25, 0.3) is 111 Å². The number of para-hydroxylation sites is 2. The molecule has 0 aliphatic carbocycles. The Bertz CT molecular complexity index is 3430. The number of imidazole rings is 1. The van der Waals surface area contributed by atoms with Gasteiger partial charge in [0.25, 0.3) is 0 Å². The van der Waals surface area contributed by atoms with E-state index in [1.165, 1.54) is 21.9 Å². The van der Waals surface area contributed by atoms with Gasteiger partial charge in [-0.2, -0.15) is 0 Å². The normalized spacial score (nSPS) is 11.8. The zero-order chi connectivity index (χ0) is 38.2. The second kappa shape index (κ2) is 12.8. The van der Waals surface area contributed by atoms with Crippen molar-refractivity contribution in [3.05, 3.63) is 200 Å². The standard InChI is InChI=1S/C53H33N5/c1-3-13-34(14-4-1)36-23-27-38(28-24-36)45-32-51(56-52(54-45)39-29-25-37(26-30-39)35-15-5-2-6-16-35)57-47-21-11-10-19-42(47)44-31-46-50(33-49(44)57)58-48-22-12-9-18-41(48)40-17-7-8-20-43(40)53(58)55-46/h1-33H. The molecule has 0 radical (unpaired) electrons. The zero-order valence-corrected chi connectivity index (χ0v) is 31.3. The molecule has 270 valence electrons. The van der Waals surface area contributed by atoms with Crippen LogP contribution in [0.5, 0.6) is 0 Å². The first kappa shape index (κ1) is 32.4. The third-order valence-corrected chi connectivity index (χ3v) is 11.5. The van der Waals surface area contributed by atoms with Crippen LogP contribution in [0.15, 0.2) is 200 Å². The number of pyridine rings is 1. The Labute approximate surface area is 333 Å². The summed E-state index contributed by atoms with van der Waals surface area (Å²) in [5.41, 5.74) is 13.7. The molecule has 0 saturated heterocycles. The van der Waals surface area contributed by atoms with E-state index in [2.05, 4.69) is 197 Å². The summed E-state index contributed by atoms with van der Waals surface area (Å²) in [4.78, 5) is 16.0. The highest BCUT2D eigenvalue weighted by molar-refractivity contribution is 6.17. The second-order valence-corrected chi connectivity index (χ2v) is 14.9. The predicted octanol–water partition coefficient (Wildman–Crippen LogP) is 13.3. The minimum atomic E-state index is 0.665. The van der Waals surface area contributed by atoms with Crippen molar-refractivity contribution < 1.29 is 0 Å². The molecule has 0 aliphatic rings. The van der Waals surface area contributed by atoms with Crippen molar-refractivity contribution >= 4 is 60.2 Å². The molecule has 0 N–H and O–H groups in total. The Kier molecular flexibility index (Phi) is 7.16. The lowest BCUT2D eigenvalue weighted by Crippen LogP contribution is -2.02. The van der Waals surface area contributed by atoms with Crippen molar-refractivity contribution in [2.75, 3.05) is 0 Å². The maximum atomic E-state index is 5.39. The fourth-order valence-corrected chi connectivity index (χ4v) is 8.75. The fraction of sp³-hybridized carbons (Fsp3) is 0. The summed E-state index contributed by atoms with van der Waals surface area (Å²) >= 11 is 0. The number of hydrogen-bond acceptors (Lipinski definition) is 3. The Morgan fingerprint density at radius 2 is 0.828 bits per heavy atom. The number of benzene rings is 8. The summed E-state index contributed by atoms with van der Waals surface area (Å²) in [6, 6.07) is 70.7. The summed E-state index contributed by atoms with van der Waals surface area (Å²) in [6.07, 6.45) is 0. The van der Waals surface area contributed by atoms with Gasteiger partial charge in [0.1, 0.15) is 11.5 Å². The van der Waals surface area contributed by atoms with Crippen molar-refractivity contribution in [2.45, 2.75) is 0 Å². The van der Waals surface area contributed by atoms with E-state index in [4.69, 9.17) is 15.0 Å². The Morgan fingerprint density at radius 3 is 1.50 bits per heavy atom. The Balaban J connectivity index is 1.11. The van der Waals surface area contributed by atoms with Crippen LogP contribution >= 0.6 is 0 Å². The fourth-order valence-electron chi connectivity index (χ4n) is 8.75. The molecule has 8 aromatic carbocycles. The largest absolute Gasteiger partial charge is 0.294 e. The molecule has 0 amide bonds. The number of rotatable bonds is 5. The minimum absolute atomic E-state index is 0.665. The van der Waals surface area contributed by atoms with Gasteiger partial charge in [0.15, 0.2) is 5.82 Å². The molecule has 0 bridgehead atoms. The number of fused-ring (bicyclic) bond motifs is 11. The van der Waals surface area contributed by atoms with Gasteiger partial charge in [-0.1, -0.05) is 170 Å². The van der Waals surface area contributed by atoms with Crippen molar-refractivity contribution in [2.24, 2.45) is 0 Å². The number of aromatic nitrogens is 5. The molecule has 5 heteroatoms. The van der Waals surface area contributed by atoms with Crippen LogP contribution in [0, 0.1) is 0 Å². The molecule has 4 aromatic heterocycles. The summed E-state index contributed by atoms with van der Waals surface area (Å²) in [7, 11) is 0. The molecule has 12 rings (SSSR count). The molecular weight excluding hydrogens is 707 g/mol. The van der Waals surface area contributed by atoms with E-state index in [0.717, 1.165) is 83.2 Å². The van der Waals surface area contributed by atoms with Crippen LogP contribution in [-0.4, -0.2) is 23.9 Å². The van der Waals surface area contributed by atoms with Crippen LogP contribution in [0.3, 0.4) is 0 Å². The first-order valence-corrected chi connectivity index (χ1v) is 19.6. The molecule has 4 heterocycles.